The van der Waals surface area contributed by atoms with E-state index < -0.39 is 0 Å². The van der Waals surface area contributed by atoms with Gasteiger partial charge >= 0.3 is 0 Å². The first-order valence-corrected chi connectivity index (χ1v) is 25.4. The van der Waals surface area contributed by atoms with Crippen LogP contribution in [0.3, 0.4) is 0 Å². The predicted molar refractivity (Wildman–Crippen MR) is 307 cm³/mol. The van der Waals surface area contributed by atoms with E-state index in [4.69, 9.17) is 28.4 Å². The Morgan fingerprint density at radius 1 is 0.243 bits per heavy atom. The molecule has 0 aliphatic heterocycles. The topological polar surface area (TPSA) is 104 Å². The van der Waals surface area contributed by atoms with Crippen molar-refractivity contribution >= 4 is 88.6 Å². The zero-order valence-electron chi connectivity index (χ0n) is 42.4. The molecule has 10 aromatic rings. The average Bonchev–Trinajstić information content (AvgIpc) is 3.45. The normalized spacial score (nSPS) is 11.1. The number of para-hydroxylation sites is 2. The van der Waals surface area contributed by atoms with Gasteiger partial charge in [-0.2, -0.15) is 0 Å². The monoisotopic (exact) mass is 982 g/mol. The lowest BCUT2D eigenvalue weighted by atomic mass is 10.1. The van der Waals surface area contributed by atoms with Crippen LogP contribution < -0.4 is 49.7 Å². The van der Waals surface area contributed by atoms with Crippen molar-refractivity contribution in [2.75, 3.05) is 62.9 Å². The number of hydrogen-bond donors (Lipinski definition) is 4. The molecule has 10 rings (SSSR count). The lowest BCUT2D eigenvalue weighted by molar-refractivity contribution is 0.298. The molecule has 0 fully saturated rings. The van der Waals surface area contributed by atoms with Crippen molar-refractivity contribution in [1.82, 2.24) is 0 Å². The maximum absolute atomic E-state index is 6.64. The summed E-state index contributed by atoms with van der Waals surface area (Å²) in [6.45, 7) is 1.18. The standard InChI is InChI=1S/C64H62N4O6/c1-69-57-37-33-51(43-21-9-13-25-47(43)57)65-55-29-19-31-61(63(55)67-53-35-39-59(71-3)49-27-15-11-23-45(49)53)73-41-17-7-5-6-8-18-42-74-62-32-20-30-56(66-52-34-38-58(70-2)48-26-14-10-22-44(48)52)64(62)68-54-36-40-60(72-4)50-28-16-12-24-46(50)54/h9-16,19-40,65-68H,5-8,17-18,41-42H2,1-4H3. The molecule has 0 aromatic heterocycles. The number of fused-ring (bicyclic) bond motifs is 4. The SMILES string of the molecule is COc1ccc(Nc2cccc(OCCCCCCCCOc3cccc(Nc4ccc(OC)c5ccccc45)c3Nc3ccc(OC)c4ccccc34)c2Nc2ccc(OC)c3ccccc23)c2ccccc12. The third kappa shape index (κ3) is 10.6. The maximum Gasteiger partial charge on any atom is 0.144 e. The summed E-state index contributed by atoms with van der Waals surface area (Å²) < 4.78 is 36.2. The van der Waals surface area contributed by atoms with Gasteiger partial charge in [-0.05, 0) is 85.6 Å². The van der Waals surface area contributed by atoms with E-state index in [2.05, 4.69) is 106 Å². The minimum absolute atomic E-state index is 0.589. The Bertz CT molecular complexity index is 3330. The lowest BCUT2D eigenvalue weighted by Gasteiger charge is -2.21. The molecule has 0 aliphatic carbocycles. The van der Waals surface area contributed by atoms with Gasteiger partial charge in [0.15, 0.2) is 0 Å². The molecule has 4 N–H and O–H groups in total. The Morgan fingerprint density at radius 3 is 0.838 bits per heavy atom. The number of unbranched alkanes of at least 4 members (excludes halogenated alkanes) is 5. The van der Waals surface area contributed by atoms with Crippen LogP contribution in [0.15, 0.2) is 182 Å². The summed E-state index contributed by atoms with van der Waals surface area (Å²) in [5.74, 6) is 4.86. The van der Waals surface area contributed by atoms with Crippen LogP contribution in [-0.2, 0) is 0 Å². The Morgan fingerprint density at radius 2 is 0.527 bits per heavy atom. The van der Waals surface area contributed by atoms with Gasteiger partial charge in [0.2, 0.25) is 0 Å². The van der Waals surface area contributed by atoms with Crippen molar-refractivity contribution in [3.63, 3.8) is 0 Å². The number of nitrogens with one attached hydrogen (secondary N) is 4. The predicted octanol–water partition coefficient (Wildman–Crippen LogP) is 17.1. The highest BCUT2D eigenvalue weighted by atomic mass is 16.5. The summed E-state index contributed by atoms with van der Waals surface area (Å²) >= 11 is 0. The molecule has 0 spiro atoms. The smallest absolute Gasteiger partial charge is 0.144 e. The van der Waals surface area contributed by atoms with Crippen LogP contribution in [-0.4, -0.2) is 41.7 Å². The first kappa shape index (κ1) is 48.8. The fourth-order valence-electron chi connectivity index (χ4n) is 9.84. The Labute approximate surface area is 433 Å². The van der Waals surface area contributed by atoms with Crippen LogP contribution in [0.1, 0.15) is 38.5 Å². The third-order valence-electron chi connectivity index (χ3n) is 13.6. The van der Waals surface area contributed by atoms with Crippen molar-refractivity contribution < 1.29 is 28.4 Å². The number of anilines is 8. The minimum Gasteiger partial charge on any atom is -0.496 e. The van der Waals surface area contributed by atoms with Crippen LogP contribution in [0.5, 0.6) is 34.5 Å². The average molecular weight is 983 g/mol. The van der Waals surface area contributed by atoms with E-state index in [0.717, 1.165) is 162 Å². The zero-order chi connectivity index (χ0) is 50.6. The van der Waals surface area contributed by atoms with Gasteiger partial charge in [0.05, 0.1) is 53.0 Å². The minimum atomic E-state index is 0.589. The largest absolute Gasteiger partial charge is 0.496 e. The molecule has 10 aromatic carbocycles. The van der Waals surface area contributed by atoms with Crippen molar-refractivity contribution in [3.05, 3.63) is 182 Å². The van der Waals surface area contributed by atoms with Crippen molar-refractivity contribution in [2.24, 2.45) is 0 Å². The first-order valence-electron chi connectivity index (χ1n) is 25.4. The van der Waals surface area contributed by atoms with Gasteiger partial charge in [0.25, 0.3) is 0 Å². The molecule has 74 heavy (non-hydrogen) atoms. The molecule has 10 nitrogen and oxygen atoms in total. The van der Waals surface area contributed by atoms with E-state index in [-0.39, 0.29) is 0 Å². The summed E-state index contributed by atoms with van der Waals surface area (Å²) in [5.41, 5.74) is 7.34. The maximum atomic E-state index is 6.64. The van der Waals surface area contributed by atoms with Crippen LogP contribution in [0, 0.1) is 0 Å². The number of rotatable bonds is 23. The summed E-state index contributed by atoms with van der Waals surface area (Å²) in [4.78, 5) is 0. The molecule has 0 saturated heterocycles. The molecule has 0 amide bonds. The Hall–Kier alpha value is -8.76. The molecule has 0 radical (unpaired) electrons. The lowest BCUT2D eigenvalue weighted by Crippen LogP contribution is -2.05. The van der Waals surface area contributed by atoms with E-state index in [1.165, 1.54) is 0 Å². The Balaban J connectivity index is 0.793. The van der Waals surface area contributed by atoms with Crippen LogP contribution in [0.25, 0.3) is 43.1 Å². The van der Waals surface area contributed by atoms with E-state index in [9.17, 15) is 0 Å². The molecular weight excluding hydrogens is 921 g/mol. The highest BCUT2D eigenvalue weighted by molar-refractivity contribution is 6.05. The molecule has 0 aliphatic rings. The second-order valence-electron chi connectivity index (χ2n) is 18.1. The van der Waals surface area contributed by atoms with Crippen molar-refractivity contribution in [1.29, 1.82) is 0 Å². The quantitative estimate of drug-likeness (QED) is 0.0463. The van der Waals surface area contributed by atoms with Crippen LogP contribution in [0.2, 0.25) is 0 Å². The molecular formula is C64H62N4O6. The second-order valence-corrected chi connectivity index (χ2v) is 18.1. The summed E-state index contributed by atoms with van der Waals surface area (Å²) in [6.07, 6.45) is 6.18. The number of hydrogen-bond acceptors (Lipinski definition) is 10. The fraction of sp³-hybridized carbons (Fsp3) is 0.188. The van der Waals surface area contributed by atoms with Crippen molar-refractivity contribution in [2.45, 2.75) is 38.5 Å². The van der Waals surface area contributed by atoms with Gasteiger partial charge in [0.1, 0.15) is 45.9 Å². The van der Waals surface area contributed by atoms with Crippen LogP contribution >= 0.6 is 0 Å². The zero-order valence-corrected chi connectivity index (χ0v) is 42.4. The molecule has 0 saturated carbocycles. The number of methoxy groups -OCH3 is 4. The fourth-order valence-corrected chi connectivity index (χ4v) is 9.84. The van der Waals surface area contributed by atoms with Gasteiger partial charge in [0, 0.05) is 65.8 Å². The summed E-state index contributed by atoms with van der Waals surface area (Å²) in [6, 6.07) is 61.7. The van der Waals surface area contributed by atoms with Gasteiger partial charge in [-0.3, -0.25) is 0 Å². The van der Waals surface area contributed by atoms with Crippen LogP contribution in [0.4, 0.5) is 45.5 Å². The van der Waals surface area contributed by atoms with Crippen molar-refractivity contribution in [3.8, 4) is 34.5 Å². The van der Waals surface area contributed by atoms with E-state index >= 15 is 0 Å². The molecule has 0 bridgehead atoms. The van der Waals surface area contributed by atoms with Gasteiger partial charge in [-0.15, -0.1) is 0 Å². The molecule has 10 heteroatoms. The number of benzene rings is 10. The number of ether oxygens (including phenoxy) is 6. The first-order chi connectivity index (χ1) is 36.5. The molecule has 0 atom stereocenters. The molecule has 374 valence electrons. The highest BCUT2D eigenvalue weighted by Gasteiger charge is 2.18. The summed E-state index contributed by atoms with van der Waals surface area (Å²) in [7, 11) is 6.83. The van der Waals surface area contributed by atoms with Gasteiger partial charge in [-0.1, -0.05) is 135 Å². The molecule has 0 heterocycles. The second kappa shape index (κ2) is 23.2. The Kier molecular flexibility index (Phi) is 15.3. The third-order valence-corrected chi connectivity index (χ3v) is 13.6. The van der Waals surface area contributed by atoms with Gasteiger partial charge in [-0.25, -0.2) is 0 Å². The van der Waals surface area contributed by atoms with Gasteiger partial charge < -0.3 is 49.7 Å². The molecule has 0 unspecified atom stereocenters. The summed E-state index contributed by atoms with van der Waals surface area (Å²) in [5, 5.41) is 23.4. The van der Waals surface area contributed by atoms with E-state index in [1.807, 2.05) is 97.1 Å². The van der Waals surface area contributed by atoms with E-state index in [1.54, 1.807) is 28.4 Å². The van der Waals surface area contributed by atoms with E-state index in [0.29, 0.717) is 13.2 Å². The highest BCUT2D eigenvalue weighted by Crippen LogP contribution is 2.44.